The third-order valence-electron chi connectivity index (χ3n) is 4.84. The summed E-state index contributed by atoms with van der Waals surface area (Å²) >= 11 is 6.36. The molecular formula is C24H22ClN3O. The van der Waals surface area contributed by atoms with Gasteiger partial charge in [0, 0.05) is 37.4 Å². The second-order valence-corrected chi connectivity index (χ2v) is 7.37. The van der Waals surface area contributed by atoms with E-state index in [2.05, 4.69) is 34.1 Å². The predicted molar refractivity (Wildman–Crippen MR) is 117 cm³/mol. The molecule has 0 fully saturated rings. The van der Waals surface area contributed by atoms with Gasteiger partial charge in [-0.25, -0.2) is 4.98 Å². The van der Waals surface area contributed by atoms with Crippen LogP contribution in [0.1, 0.15) is 16.8 Å². The second kappa shape index (κ2) is 9.03. The largest absolute Gasteiger partial charge is 0.497 e. The zero-order valence-electron chi connectivity index (χ0n) is 16.3. The summed E-state index contributed by atoms with van der Waals surface area (Å²) in [4.78, 5) is 11.3. The Balaban J connectivity index is 1.59. The van der Waals surface area contributed by atoms with Crippen molar-refractivity contribution in [3.05, 3.63) is 101 Å². The van der Waals surface area contributed by atoms with Crippen molar-refractivity contribution in [3.8, 4) is 5.75 Å². The van der Waals surface area contributed by atoms with Crippen LogP contribution in [0.15, 0.2) is 79.1 Å². The van der Waals surface area contributed by atoms with E-state index in [0.717, 1.165) is 42.0 Å². The molecule has 0 atom stereocenters. The molecule has 5 heteroatoms. The molecule has 0 amide bonds. The highest BCUT2D eigenvalue weighted by Gasteiger charge is 2.11. The van der Waals surface area contributed by atoms with E-state index < -0.39 is 0 Å². The maximum absolute atomic E-state index is 6.36. The van der Waals surface area contributed by atoms with E-state index in [1.165, 1.54) is 11.1 Å². The van der Waals surface area contributed by atoms with Gasteiger partial charge in [0.25, 0.3) is 0 Å². The Morgan fingerprint density at radius 3 is 2.28 bits per heavy atom. The van der Waals surface area contributed by atoms with Gasteiger partial charge < -0.3 is 4.74 Å². The molecule has 0 aliphatic carbocycles. The Hall–Kier alpha value is -2.95. The number of aromatic nitrogens is 2. The molecule has 0 aliphatic heterocycles. The summed E-state index contributed by atoms with van der Waals surface area (Å²) in [6.45, 7) is 2.32. The summed E-state index contributed by atoms with van der Waals surface area (Å²) in [5.41, 5.74) is 4.28. The van der Waals surface area contributed by atoms with Gasteiger partial charge in [-0.1, -0.05) is 41.9 Å². The van der Waals surface area contributed by atoms with Crippen molar-refractivity contribution >= 4 is 22.5 Å². The minimum Gasteiger partial charge on any atom is -0.497 e. The Bertz CT molecular complexity index is 1080. The number of hydrogen-bond donors (Lipinski definition) is 0. The Morgan fingerprint density at radius 1 is 0.828 bits per heavy atom. The van der Waals surface area contributed by atoms with E-state index in [9.17, 15) is 0 Å². The maximum atomic E-state index is 6.36. The van der Waals surface area contributed by atoms with Gasteiger partial charge in [0.2, 0.25) is 0 Å². The number of benzene rings is 2. The minimum absolute atomic E-state index is 0.681. The lowest BCUT2D eigenvalue weighted by molar-refractivity contribution is 0.245. The van der Waals surface area contributed by atoms with E-state index >= 15 is 0 Å². The molecule has 2 heterocycles. The van der Waals surface area contributed by atoms with Crippen LogP contribution in [-0.4, -0.2) is 22.0 Å². The fraction of sp³-hybridized carbons (Fsp3) is 0.167. The summed E-state index contributed by atoms with van der Waals surface area (Å²) in [5.74, 6) is 0.861. The number of nitrogens with zero attached hydrogens (tertiary/aromatic N) is 3. The fourth-order valence-corrected chi connectivity index (χ4v) is 3.60. The molecule has 4 rings (SSSR count). The van der Waals surface area contributed by atoms with E-state index in [-0.39, 0.29) is 0 Å². The van der Waals surface area contributed by atoms with Gasteiger partial charge in [-0.2, -0.15) is 0 Å². The molecule has 0 unspecified atom stereocenters. The summed E-state index contributed by atoms with van der Waals surface area (Å²) in [7, 11) is 1.68. The smallest absolute Gasteiger partial charge is 0.118 e. The number of hydrogen-bond acceptors (Lipinski definition) is 4. The Labute approximate surface area is 175 Å². The van der Waals surface area contributed by atoms with Crippen LogP contribution in [0.25, 0.3) is 10.9 Å². The quantitative estimate of drug-likeness (QED) is 0.408. The number of rotatable bonds is 7. The van der Waals surface area contributed by atoms with Crippen molar-refractivity contribution in [2.45, 2.75) is 19.6 Å². The maximum Gasteiger partial charge on any atom is 0.118 e. The van der Waals surface area contributed by atoms with Crippen LogP contribution < -0.4 is 4.74 Å². The van der Waals surface area contributed by atoms with Crippen LogP contribution >= 0.6 is 11.6 Å². The van der Waals surface area contributed by atoms with E-state index in [1.807, 2.05) is 54.9 Å². The lowest BCUT2D eigenvalue weighted by Crippen LogP contribution is -2.23. The summed E-state index contributed by atoms with van der Waals surface area (Å²) in [5, 5.41) is 1.73. The van der Waals surface area contributed by atoms with Crippen molar-refractivity contribution in [3.63, 3.8) is 0 Å². The molecule has 0 saturated heterocycles. The average molecular weight is 404 g/mol. The number of fused-ring (bicyclic) bond motifs is 1. The lowest BCUT2D eigenvalue weighted by Gasteiger charge is -2.22. The van der Waals surface area contributed by atoms with Crippen molar-refractivity contribution in [2.24, 2.45) is 0 Å². The highest BCUT2D eigenvalue weighted by atomic mass is 35.5. The van der Waals surface area contributed by atoms with Gasteiger partial charge in [0.05, 0.1) is 23.3 Å². The SMILES string of the molecule is COc1ccc(CN(Cc2ccncc2)Cc2ccc3cccc(Cl)c3n2)cc1. The van der Waals surface area contributed by atoms with Gasteiger partial charge in [-0.05, 0) is 47.5 Å². The molecule has 2 aromatic carbocycles. The van der Waals surface area contributed by atoms with Gasteiger partial charge in [0.1, 0.15) is 5.75 Å². The monoisotopic (exact) mass is 403 g/mol. The van der Waals surface area contributed by atoms with E-state index in [1.54, 1.807) is 7.11 Å². The van der Waals surface area contributed by atoms with Crippen LogP contribution in [0, 0.1) is 0 Å². The number of para-hydroxylation sites is 1. The van der Waals surface area contributed by atoms with Crippen LogP contribution in [0.2, 0.25) is 5.02 Å². The van der Waals surface area contributed by atoms with Gasteiger partial charge in [-0.15, -0.1) is 0 Å². The van der Waals surface area contributed by atoms with Gasteiger partial charge >= 0.3 is 0 Å². The number of methoxy groups -OCH3 is 1. The molecule has 29 heavy (non-hydrogen) atoms. The molecule has 4 nitrogen and oxygen atoms in total. The van der Waals surface area contributed by atoms with Crippen LogP contribution in [0.5, 0.6) is 5.75 Å². The number of pyridine rings is 2. The first-order valence-corrected chi connectivity index (χ1v) is 9.87. The molecule has 0 saturated carbocycles. The molecule has 2 aromatic heterocycles. The molecule has 0 aliphatic rings. The Kier molecular flexibility index (Phi) is 6.03. The van der Waals surface area contributed by atoms with Crippen LogP contribution in [0.3, 0.4) is 0 Å². The predicted octanol–water partition coefficient (Wildman–Crippen LogP) is 5.49. The zero-order valence-corrected chi connectivity index (χ0v) is 17.0. The fourth-order valence-electron chi connectivity index (χ4n) is 3.37. The van der Waals surface area contributed by atoms with E-state index in [0.29, 0.717) is 5.02 Å². The first-order valence-electron chi connectivity index (χ1n) is 9.49. The van der Waals surface area contributed by atoms with Gasteiger partial charge in [-0.3, -0.25) is 9.88 Å². The van der Waals surface area contributed by atoms with Crippen molar-refractivity contribution in [1.29, 1.82) is 0 Å². The molecule has 146 valence electrons. The summed E-state index contributed by atoms with van der Waals surface area (Å²) in [6, 6.07) is 22.3. The minimum atomic E-state index is 0.681. The van der Waals surface area contributed by atoms with Crippen molar-refractivity contribution in [1.82, 2.24) is 14.9 Å². The molecular weight excluding hydrogens is 382 g/mol. The Morgan fingerprint density at radius 2 is 1.55 bits per heavy atom. The third kappa shape index (κ3) is 4.91. The first-order chi connectivity index (χ1) is 14.2. The molecule has 4 aromatic rings. The number of halogens is 1. The molecule has 0 radical (unpaired) electrons. The van der Waals surface area contributed by atoms with Crippen molar-refractivity contribution < 1.29 is 4.74 Å². The van der Waals surface area contributed by atoms with Crippen molar-refractivity contribution in [2.75, 3.05) is 7.11 Å². The van der Waals surface area contributed by atoms with Crippen LogP contribution in [-0.2, 0) is 19.6 Å². The first kappa shape index (κ1) is 19.4. The number of ether oxygens (including phenoxy) is 1. The lowest BCUT2D eigenvalue weighted by atomic mass is 10.1. The highest BCUT2D eigenvalue weighted by Crippen LogP contribution is 2.23. The highest BCUT2D eigenvalue weighted by molar-refractivity contribution is 6.35. The molecule has 0 N–H and O–H groups in total. The van der Waals surface area contributed by atoms with Crippen LogP contribution in [0.4, 0.5) is 0 Å². The molecule has 0 bridgehead atoms. The topological polar surface area (TPSA) is 38.2 Å². The normalized spacial score (nSPS) is 11.1. The third-order valence-corrected chi connectivity index (χ3v) is 5.14. The second-order valence-electron chi connectivity index (χ2n) is 6.96. The van der Waals surface area contributed by atoms with Gasteiger partial charge in [0.15, 0.2) is 0 Å². The summed E-state index contributed by atoms with van der Waals surface area (Å²) in [6.07, 6.45) is 3.66. The standard InChI is InChI=1S/C24H22ClN3O/c1-29-22-9-5-18(6-10-22)15-28(16-19-11-13-26-14-12-19)17-21-8-7-20-3-2-4-23(25)24(20)27-21/h2-14H,15-17H2,1H3. The average Bonchev–Trinajstić information content (AvgIpc) is 2.75. The van der Waals surface area contributed by atoms with E-state index in [4.69, 9.17) is 21.3 Å². The summed E-state index contributed by atoms with van der Waals surface area (Å²) < 4.78 is 5.27. The molecule has 0 spiro atoms. The zero-order chi connectivity index (χ0) is 20.1.